The van der Waals surface area contributed by atoms with E-state index in [-0.39, 0.29) is 16.4 Å². The Morgan fingerprint density at radius 3 is 2.62 bits per heavy atom. The van der Waals surface area contributed by atoms with Crippen molar-refractivity contribution in [2.75, 3.05) is 35.7 Å². The highest BCUT2D eigenvalue weighted by Gasteiger charge is 2.31. The predicted octanol–water partition coefficient (Wildman–Crippen LogP) is 4.22. The van der Waals surface area contributed by atoms with Gasteiger partial charge in [0.1, 0.15) is 5.00 Å². The number of thiophene rings is 1. The molecular weight excluding hydrogens is 320 g/mol. The first-order chi connectivity index (χ1) is 9.76. The lowest BCUT2D eigenvalue weighted by Gasteiger charge is -2.38. The third-order valence-corrected chi connectivity index (χ3v) is 7.08. The molecule has 0 amide bonds. The molecular formula is C15H24N2OS3. The highest BCUT2D eigenvalue weighted by molar-refractivity contribution is 8.00. The molecule has 1 fully saturated rings. The summed E-state index contributed by atoms with van der Waals surface area (Å²) in [5, 5.41) is 1.18. The van der Waals surface area contributed by atoms with Gasteiger partial charge in [-0.05, 0) is 20.1 Å². The molecule has 0 saturated carbocycles. The highest BCUT2D eigenvalue weighted by Crippen LogP contribution is 2.46. The summed E-state index contributed by atoms with van der Waals surface area (Å²) in [6.45, 7) is 10.4. The average Bonchev–Trinajstić information content (AvgIpc) is 2.73. The maximum Gasteiger partial charge on any atom is 0.177 e. The number of thioether (sulfide) groups is 2. The topological polar surface area (TPSA) is 46.3 Å². The van der Waals surface area contributed by atoms with Gasteiger partial charge in [0.2, 0.25) is 0 Å². The third kappa shape index (κ3) is 3.54. The van der Waals surface area contributed by atoms with Gasteiger partial charge in [-0.25, -0.2) is 0 Å². The molecule has 0 aliphatic carbocycles. The predicted molar refractivity (Wildman–Crippen MR) is 98.4 cm³/mol. The molecule has 0 atom stereocenters. The van der Waals surface area contributed by atoms with Crippen molar-refractivity contribution in [2.45, 2.75) is 37.3 Å². The highest BCUT2D eigenvalue weighted by atomic mass is 32.2. The van der Waals surface area contributed by atoms with Crippen molar-refractivity contribution in [3.8, 4) is 0 Å². The van der Waals surface area contributed by atoms with Gasteiger partial charge in [-0.1, -0.05) is 13.8 Å². The number of rotatable bonds is 4. The Balaban J connectivity index is 2.39. The summed E-state index contributed by atoms with van der Waals surface area (Å²) in [4.78, 5) is 16.6. The summed E-state index contributed by atoms with van der Waals surface area (Å²) in [6, 6.07) is 0. The quantitative estimate of drug-likeness (QED) is 0.654. The fourth-order valence-corrected chi connectivity index (χ4v) is 5.86. The van der Waals surface area contributed by atoms with Gasteiger partial charge < -0.3 is 10.6 Å². The van der Waals surface area contributed by atoms with Gasteiger partial charge in [0, 0.05) is 29.5 Å². The molecule has 0 bridgehead atoms. The SMILES string of the molecule is CSc1c(N2CCSC(C)(C)C2)sc(C(=O)C(C)C)c1N. The number of anilines is 2. The van der Waals surface area contributed by atoms with Crippen LogP contribution in [0.2, 0.25) is 0 Å². The standard InChI is InChI=1S/C15H24N2OS3/c1-9(2)11(18)12-10(16)13(19-5)14(21-12)17-6-7-20-15(3,4)8-17/h9H,6-8,16H2,1-5H3. The number of nitrogen functional groups attached to an aromatic ring is 1. The zero-order valence-electron chi connectivity index (χ0n) is 13.4. The summed E-state index contributed by atoms with van der Waals surface area (Å²) in [5.74, 6) is 1.26. The van der Waals surface area contributed by atoms with Crippen molar-refractivity contribution < 1.29 is 4.79 Å². The van der Waals surface area contributed by atoms with Crippen molar-refractivity contribution in [1.82, 2.24) is 0 Å². The van der Waals surface area contributed by atoms with E-state index in [1.165, 1.54) is 5.00 Å². The van der Waals surface area contributed by atoms with Crippen LogP contribution in [-0.4, -0.2) is 35.6 Å². The number of carbonyl (C=O) groups excluding carboxylic acids is 1. The van der Waals surface area contributed by atoms with Gasteiger partial charge in [0.05, 0.1) is 15.5 Å². The second kappa shape index (κ2) is 6.42. The zero-order valence-corrected chi connectivity index (χ0v) is 15.8. The van der Waals surface area contributed by atoms with Crippen molar-refractivity contribution >= 4 is 51.3 Å². The van der Waals surface area contributed by atoms with E-state index >= 15 is 0 Å². The normalized spacial score (nSPS) is 18.3. The molecule has 2 rings (SSSR count). The molecule has 21 heavy (non-hydrogen) atoms. The second-order valence-corrected chi connectivity index (χ2v) is 9.85. The smallest absolute Gasteiger partial charge is 0.177 e. The molecule has 1 aromatic heterocycles. The molecule has 0 unspecified atom stereocenters. The molecule has 1 aliphatic rings. The van der Waals surface area contributed by atoms with Gasteiger partial charge in [-0.3, -0.25) is 4.79 Å². The summed E-state index contributed by atoms with van der Waals surface area (Å²) in [7, 11) is 0. The molecule has 0 radical (unpaired) electrons. The van der Waals surface area contributed by atoms with Gasteiger partial charge in [0.25, 0.3) is 0 Å². The minimum atomic E-state index is -0.0122. The molecule has 6 heteroatoms. The zero-order chi connectivity index (χ0) is 15.8. The van der Waals surface area contributed by atoms with E-state index in [4.69, 9.17) is 5.73 Å². The number of hydrogen-bond donors (Lipinski definition) is 1. The van der Waals surface area contributed by atoms with Crippen molar-refractivity contribution in [3.05, 3.63) is 4.88 Å². The fourth-order valence-electron chi connectivity index (χ4n) is 2.46. The summed E-state index contributed by atoms with van der Waals surface area (Å²) < 4.78 is 0.245. The summed E-state index contributed by atoms with van der Waals surface area (Å²) >= 11 is 5.24. The first-order valence-electron chi connectivity index (χ1n) is 7.16. The first-order valence-corrected chi connectivity index (χ1v) is 10.2. The Morgan fingerprint density at radius 1 is 1.43 bits per heavy atom. The van der Waals surface area contributed by atoms with E-state index in [0.717, 1.165) is 28.6 Å². The Morgan fingerprint density at radius 2 is 2.10 bits per heavy atom. The molecule has 118 valence electrons. The van der Waals surface area contributed by atoms with E-state index in [1.54, 1.807) is 23.1 Å². The van der Waals surface area contributed by atoms with E-state index in [0.29, 0.717) is 5.69 Å². The average molecular weight is 345 g/mol. The number of carbonyl (C=O) groups is 1. The lowest BCUT2D eigenvalue weighted by Crippen LogP contribution is -2.43. The summed E-state index contributed by atoms with van der Waals surface area (Å²) in [6.07, 6.45) is 2.04. The van der Waals surface area contributed by atoms with Gasteiger partial charge in [-0.2, -0.15) is 11.8 Å². The molecule has 1 aliphatic heterocycles. The van der Waals surface area contributed by atoms with Crippen LogP contribution in [0.25, 0.3) is 0 Å². The molecule has 0 spiro atoms. The molecule has 3 nitrogen and oxygen atoms in total. The van der Waals surface area contributed by atoms with Crippen molar-refractivity contribution in [3.63, 3.8) is 0 Å². The molecule has 2 N–H and O–H groups in total. The number of ketones is 1. The van der Waals surface area contributed by atoms with Crippen LogP contribution in [0.1, 0.15) is 37.4 Å². The third-order valence-electron chi connectivity index (χ3n) is 3.55. The molecule has 0 aromatic carbocycles. The maximum absolute atomic E-state index is 12.4. The van der Waals surface area contributed by atoms with Crippen LogP contribution in [0.4, 0.5) is 10.7 Å². The van der Waals surface area contributed by atoms with E-state index < -0.39 is 0 Å². The van der Waals surface area contributed by atoms with E-state index in [9.17, 15) is 4.79 Å². The number of hydrogen-bond acceptors (Lipinski definition) is 6. The number of nitrogens with two attached hydrogens (primary N) is 1. The Labute approximate surface area is 140 Å². The first kappa shape index (κ1) is 17.0. The van der Waals surface area contributed by atoms with Crippen LogP contribution in [0.5, 0.6) is 0 Å². The van der Waals surface area contributed by atoms with E-state index in [2.05, 4.69) is 18.7 Å². The number of nitrogens with zero attached hydrogens (tertiary/aromatic N) is 1. The monoisotopic (exact) mass is 344 g/mol. The van der Waals surface area contributed by atoms with Crippen LogP contribution >= 0.6 is 34.9 Å². The summed E-state index contributed by atoms with van der Waals surface area (Å²) in [5.41, 5.74) is 6.94. The van der Waals surface area contributed by atoms with Crippen LogP contribution in [0, 0.1) is 5.92 Å². The Hall–Kier alpha value is -0.330. The lowest BCUT2D eigenvalue weighted by molar-refractivity contribution is 0.0944. The largest absolute Gasteiger partial charge is 0.396 e. The van der Waals surface area contributed by atoms with Gasteiger partial charge in [-0.15, -0.1) is 23.1 Å². The fraction of sp³-hybridized carbons (Fsp3) is 0.667. The Kier molecular flexibility index (Phi) is 5.21. The minimum absolute atomic E-state index is 0.0122. The second-order valence-electron chi connectivity index (χ2n) is 6.23. The van der Waals surface area contributed by atoms with Crippen molar-refractivity contribution in [2.24, 2.45) is 5.92 Å². The minimum Gasteiger partial charge on any atom is -0.396 e. The van der Waals surface area contributed by atoms with Crippen molar-refractivity contribution in [1.29, 1.82) is 0 Å². The Bertz CT molecular complexity index is 537. The number of Topliss-reactive ketones (excluding diaryl/α,β-unsaturated/α-hetero) is 1. The molecule has 1 aromatic rings. The molecule has 1 saturated heterocycles. The maximum atomic E-state index is 12.4. The van der Waals surface area contributed by atoms with E-state index in [1.807, 2.05) is 31.9 Å². The van der Waals surface area contributed by atoms with Gasteiger partial charge >= 0.3 is 0 Å². The van der Waals surface area contributed by atoms with Gasteiger partial charge in [0.15, 0.2) is 5.78 Å². The van der Waals surface area contributed by atoms with Crippen LogP contribution in [0.3, 0.4) is 0 Å². The van der Waals surface area contributed by atoms with Crippen LogP contribution in [0.15, 0.2) is 4.90 Å². The molecule has 2 heterocycles. The lowest BCUT2D eigenvalue weighted by atomic mass is 10.1. The van der Waals surface area contributed by atoms with Crippen LogP contribution < -0.4 is 10.6 Å². The van der Waals surface area contributed by atoms with Crippen LogP contribution in [-0.2, 0) is 0 Å².